The van der Waals surface area contributed by atoms with Crippen LogP contribution in [0.4, 0.5) is 11.4 Å². The van der Waals surface area contributed by atoms with Gasteiger partial charge in [0.1, 0.15) is 6.04 Å². The van der Waals surface area contributed by atoms with E-state index in [9.17, 15) is 0 Å². The molecule has 2 aromatic carbocycles. The van der Waals surface area contributed by atoms with Crippen LogP contribution in [0.1, 0.15) is 43.8 Å². The zero-order valence-electron chi connectivity index (χ0n) is 15.8. The summed E-state index contributed by atoms with van der Waals surface area (Å²) in [5.74, 6) is 0.766. The summed E-state index contributed by atoms with van der Waals surface area (Å²) in [6.07, 6.45) is 0. The van der Waals surface area contributed by atoms with Gasteiger partial charge in [0.2, 0.25) is 0 Å². The number of aromatic nitrogens is 4. The van der Waals surface area contributed by atoms with Crippen LogP contribution in [0.25, 0.3) is 0 Å². The number of aryl methyl sites for hydroxylation is 1. The van der Waals surface area contributed by atoms with Gasteiger partial charge < -0.3 is 10.2 Å². The summed E-state index contributed by atoms with van der Waals surface area (Å²) in [6.45, 7) is 8.37. The number of rotatable bonds is 2. The van der Waals surface area contributed by atoms with Crippen LogP contribution in [0.3, 0.4) is 0 Å². The lowest BCUT2D eigenvalue weighted by Gasteiger charge is -2.39. The summed E-state index contributed by atoms with van der Waals surface area (Å²) in [5, 5.41) is 16.7. The highest BCUT2D eigenvalue weighted by Gasteiger charge is 2.38. The third kappa shape index (κ3) is 3.08. The maximum atomic E-state index is 5.74. The second-order valence-corrected chi connectivity index (χ2v) is 8.14. The molecule has 0 aliphatic carbocycles. The van der Waals surface area contributed by atoms with Crippen molar-refractivity contribution in [1.82, 2.24) is 20.2 Å². The predicted molar refractivity (Wildman–Crippen MR) is 111 cm³/mol. The Morgan fingerprint density at radius 3 is 2.52 bits per heavy atom. The number of tetrazole rings is 1. The van der Waals surface area contributed by atoms with E-state index >= 15 is 0 Å². The first kappa shape index (κ1) is 17.6. The highest BCUT2D eigenvalue weighted by atomic mass is 32.1. The summed E-state index contributed by atoms with van der Waals surface area (Å²) < 4.78 is 1.88. The van der Waals surface area contributed by atoms with Gasteiger partial charge in [0.05, 0.1) is 5.54 Å². The van der Waals surface area contributed by atoms with E-state index in [2.05, 4.69) is 71.6 Å². The fourth-order valence-electron chi connectivity index (χ4n) is 3.41. The Morgan fingerprint density at radius 1 is 1.07 bits per heavy atom. The van der Waals surface area contributed by atoms with Crippen LogP contribution < -0.4 is 10.2 Å². The van der Waals surface area contributed by atoms with E-state index in [1.165, 1.54) is 5.56 Å². The van der Waals surface area contributed by atoms with E-state index in [1.807, 2.05) is 35.0 Å². The van der Waals surface area contributed by atoms with E-state index < -0.39 is 0 Å². The summed E-state index contributed by atoms with van der Waals surface area (Å²) in [4.78, 5) is 2.09. The van der Waals surface area contributed by atoms with Gasteiger partial charge in [0.15, 0.2) is 10.9 Å². The topological polar surface area (TPSA) is 58.9 Å². The maximum absolute atomic E-state index is 5.74. The van der Waals surface area contributed by atoms with Gasteiger partial charge in [-0.2, -0.15) is 0 Å². The third-order valence-electron chi connectivity index (χ3n) is 4.63. The predicted octanol–water partition coefficient (Wildman–Crippen LogP) is 4.04. The zero-order valence-corrected chi connectivity index (χ0v) is 16.7. The molecule has 0 saturated carbocycles. The van der Waals surface area contributed by atoms with Crippen LogP contribution in [-0.4, -0.2) is 25.3 Å². The van der Waals surface area contributed by atoms with Crippen molar-refractivity contribution in [2.24, 2.45) is 0 Å². The average molecular weight is 379 g/mol. The number of hydrogen-bond donors (Lipinski definition) is 1. The highest BCUT2D eigenvalue weighted by molar-refractivity contribution is 7.80. The first-order valence-electron chi connectivity index (χ1n) is 8.91. The Bertz CT molecular complexity index is 989. The van der Waals surface area contributed by atoms with Crippen molar-refractivity contribution >= 4 is 28.7 Å². The van der Waals surface area contributed by atoms with Gasteiger partial charge in [-0.05, 0) is 68.5 Å². The molecule has 1 unspecified atom stereocenters. The van der Waals surface area contributed by atoms with E-state index in [1.54, 1.807) is 0 Å². The van der Waals surface area contributed by atoms with Crippen molar-refractivity contribution in [3.63, 3.8) is 0 Å². The minimum Gasteiger partial charge on any atom is -0.332 e. The van der Waals surface area contributed by atoms with Crippen LogP contribution in [-0.2, 0) is 5.54 Å². The lowest BCUT2D eigenvalue weighted by Crippen LogP contribution is -2.44. The molecule has 0 bridgehead atoms. The Hall–Kier alpha value is -2.80. The smallest absolute Gasteiger partial charge is 0.179 e. The number of thiocarbonyl (C=S) groups is 1. The molecule has 1 atom stereocenters. The Kier molecular flexibility index (Phi) is 4.19. The molecule has 2 heterocycles. The molecular weight excluding hydrogens is 356 g/mol. The highest BCUT2D eigenvalue weighted by Crippen LogP contribution is 2.40. The molecule has 0 fully saturated rings. The molecule has 0 amide bonds. The first-order chi connectivity index (χ1) is 12.9. The SMILES string of the molecule is Cc1ccc2c(c1)C(c1nnnn1C(C)(C)C)N(c1ccccc1)C(=S)N2. The minimum atomic E-state index is -0.252. The number of benzene rings is 2. The van der Waals surface area contributed by atoms with Crippen LogP contribution in [0.15, 0.2) is 48.5 Å². The molecule has 138 valence electrons. The van der Waals surface area contributed by atoms with Gasteiger partial charge in [0, 0.05) is 16.9 Å². The largest absolute Gasteiger partial charge is 0.332 e. The van der Waals surface area contributed by atoms with E-state index in [0.29, 0.717) is 5.11 Å². The van der Waals surface area contributed by atoms with Crippen LogP contribution in [0.5, 0.6) is 0 Å². The van der Waals surface area contributed by atoms with E-state index in [-0.39, 0.29) is 11.6 Å². The average Bonchev–Trinajstić information content (AvgIpc) is 3.11. The lowest BCUT2D eigenvalue weighted by molar-refractivity contribution is 0.331. The molecule has 0 radical (unpaired) electrons. The third-order valence-corrected chi connectivity index (χ3v) is 4.93. The molecule has 7 heteroatoms. The lowest BCUT2D eigenvalue weighted by atomic mass is 9.96. The number of para-hydroxylation sites is 1. The second kappa shape index (κ2) is 6.42. The monoisotopic (exact) mass is 378 g/mol. The molecule has 1 aliphatic heterocycles. The minimum absolute atomic E-state index is 0.217. The van der Waals surface area contributed by atoms with Crippen LogP contribution in [0.2, 0.25) is 0 Å². The molecule has 4 rings (SSSR count). The fraction of sp³-hybridized carbons (Fsp3) is 0.300. The van der Waals surface area contributed by atoms with Crippen molar-refractivity contribution in [3.8, 4) is 0 Å². The molecule has 27 heavy (non-hydrogen) atoms. The summed E-state index contributed by atoms with van der Waals surface area (Å²) >= 11 is 5.74. The quantitative estimate of drug-likeness (QED) is 0.679. The number of nitrogens with zero attached hydrogens (tertiary/aromatic N) is 5. The molecule has 3 aromatic rings. The van der Waals surface area contributed by atoms with Crippen molar-refractivity contribution < 1.29 is 0 Å². The van der Waals surface area contributed by atoms with Gasteiger partial charge in [0.25, 0.3) is 0 Å². The van der Waals surface area contributed by atoms with E-state index in [0.717, 1.165) is 22.8 Å². The number of hydrogen-bond acceptors (Lipinski definition) is 4. The van der Waals surface area contributed by atoms with Crippen LogP contribution in [0, 0.1) is 6.92 Å². The molecule has 1 N–H and O–H groups in total. The second-order valence-electron chi connectivity index (χ2n) is 7.75. The Balaban J connectivity index is 1.97. The summed E-state index contributed by atoms with van der Waals surface area (Å²) in [6, 6.07) is 16.2. The maximum Gasteiger partial charge on any atom is 0.179 e. The normalized spacial score (nSPS) is 16.8. The molecule has 1 aliphatic rings. The van der Waals surface area contributed by atoms with Gasteiger partial charge in [-0.25, -0.2) is 4.68 Å². The number of fused-ring (bicyclic) bond motifs is 1. The molecular formula is C20H22N6S. The first-order valence-corrected chi connectivity index (χ1v) is 9.31. The fourth-order valence-corrected chi connectivity index (χ4v) is 3.73. The van der Waals surface area contributed by atoms with Gasteiger partial charge in [-0.3, -0.25) is 0 Å². The molecule has 1 aromatic heterocycles. The van der Waals surface area contributed by atoms with Gasteiger partial charge in [-0.1, -0.05) is 35.9 Å². The molecule has 6 nitrogen and oxygen atoms in total. The number of anilines is 2. The van der Waals surface area contributed by atoms with Crippen molar-refractivity contribution in [2.45, 2.75) is 39.3 Å². The standard InChI is InChI=1S/C20H22N6S/c1-13-10-11-16-15(12-13)17(18-22-23-24-26(18)20(2,3)4)25(19(27)21-16)14-8-6-5-7-9-14/h5-12,17H,1-4H3,(H,21,27). The van der Waals surface area contributed by atoms with Gasteiger partial charge in [-0.15, -0.1) is 5.10 Å². The van der Waals surface area contributed by atoms with Crippen molar-refractivity contribution in [2.75, 3.05) is 10.2 Å². The molecule has 0 saturated heterocycles. The van der Waals surface area contributed by atoms with Crippen molar-refractivity contribution in [1.29, 1.82) is 0 Å². The summed E-state index contributed by atoms with van der Waals surface area (Å²) in [7, 11) is 0. The van der Waals surface area contributed by atoms with E-state index in [4.69, 9.17) is 12.2 Å². The zero-order chi connectivity index (χ0) is 19.2. The Morgan fingerprint density at radius 2 is 1.81 bits per heavy atom. The van der Waals surface area contributed by atoms with Crippen molar-refractivity contribution in [3.05, 3.63) is 65.5 Å². The number of nitrogens with one attached hydrogen (secondary N) is 1. The van der Waals surface area contributed by atoms with Crippen LogP contribution >= 0.6 is 12.2 Å². The summed E-state index contributed by atoms with van der Waals surface area (Å²) in [5.41, 5.74) is 4.02. The van der Waals surface area contributed by atoms with Gasteiger partial charge >= 0.3 is 0 Å². The molecule has 0 spiro atoms. The Labute approximate surface area is 164 Å².